The maximum Gasteiger partial charge on any atom is 0.131 e. The van der Waals surface area contributed by atoms with E-state index in [2.05, 4.69) is 36.6 Å². The Morgan fingerprint density at radius 3 is 2.00 bits per heavy atom. The molecule has 1 heterocycles. The molecule has 1 aliphatic rings. The molecule has 86 valence electrons. The molecule has 0 radical (unpaired) electrons. The smallest absolute Gasteiger partial charge is 0.131 e. The number of quaternary nitrogens is 2. The summed E-state index contributed by atoms with van der Waals surface area (Å²) in [4.78, 5) is 1.66. The fraction of sp³-hybridized carbons (Fsp3) is 0.455. The van der Waals surface area contributed by atoms with E-state index < -0.39 is 0 Å². The molecule has 1 aromatic carbocycles. The minimum atomic E-state index is 0. The van der Waals surface area contributed by atoms with E-state index in [0.29, 0.717) is 0 Å². The van der Waals surface area contributed by atoms with Crippen molar-refractivity contribution in [2.24, 2.45) is 0 Å². The summed E-state index contributed by atoms with van der Waals surface area (Å²) in [6, 6.07) is 8.94. The Hall–Kier alpha value is -0.280. The molecule has 3 N–H and O–H groups in total. The lowest BCUT2D eigenvalue weighted by molar-refractivity contribution is -0.818. The number of nitrogens with one attached hydrogen (secondary N) is 1. The summed E-state index contributed by atoms with van der Waals surface area (Å²) in [7, 11) is 2.08. The molecular formula is C11H18Cl2N2. The summed E-state index contributed by atoms with van der Waals surface area (Å²) in [6.45, 7) is 2.63. The van der Waals surface area contributed by atoms with E-state index in [9.17, 15) is 0 Å². The minimum absolute atomic E-state index is 0. The molecule has 1 aliphatic heterocycles. The highest BCUT2D eigenvalue weighted by molar-refractivity contribution is 5.38. The lowest BCUT2D eigenvalue weighted by Crippen LogP contribution is -3.04. The molecule has 4 heteroatoms. The molecule has 0 spiro atoms. The molecule has 0 aliphatic carbocycles. The standard InChI is InChI=1S/C11H16N2.2ClH/c1-12-10-4-6-11(7-5-10)13-8-2-3-9-13;;/h4-7,12H,2-3,8-9H2,1H3;2*1H. The van der Waals surface area contributed by atoms with Gasteiger partial charge in [-0.2, -0.15) is 0 Å². The molecule has 15 heavy (non-hydrogen) atoms. The zero-order valence-electron chi connectivity index (χ0n) is 8.97. The van der Waals surface area contributed by atoms with E-state index in [4.69, 9.17) is 0 Å². The predicted octanol–water partition coefficient (Wildman–Crippen LogP) is -6.17. The number of nitrogens with two attached hydrogens (primary N) is 1. The van der Waals surface area contributed by atoms with Gasteiger partial charge in [0.25, 0.3) is 0 Å². The van der Waals surface area contributed by atoms with Crippen LogP contribution >= 0.6 is 0 Å². The van der Waals surface area contributed by atoms with Crippen molar-refractivity contribution in [3.8, 4) is 0 Å². The molecule has 0 aromatic heterocycles. The molecule has 2 rings (SSSR count). The second kappa shape index (κ2) is 7.07. The Morgan fingerprint density at radius 2 is 1.53 bits per heavy atom. The van der Waals surface area contributed by atoms with Crippen LogP contribution < -0.4 is 35.0 Å². The van der Waals surface area contributed by atoms with Crippen molar-refractivity contribution in [2.75, 3.05) is 20.1 Å². The summed E-state index contributed by atoms with van der Waals surface area (Å²) in [5, 5.41) is 2.14. The summed E-state index contributed by atoms with van der Waals surface area (Å²) in [5.41, 5.74) is 2.78. The minimum Gasteiger partial charge on any atom is -1.00 e. The molecule has 1 saturated heterocycles. The van der Waals surface area contributed by atoms with Gasteiger partial charge in [-0.1, -0.05) is 0 Å². The van der Waals surface area contributed by atoms with Gasteiger partial charge in [0.15, 0.2) is 0 Å². The number of rotatable bonds is 2. The fourth-order valence-corrected chi connectivity index (χ4v) is 2.00. The van der Waals surface area contributed by atoms with Crippen molar-refractivity contribution in [3.63, 3.8) is 0 Å². The third-order valence-corrected chi connectivity index (χ3v) is 2.86. The Morgan fingerprint density at radius 1 is 1.00 bits per heavy atom. The number of hydrogen-bond donors (Lipinski definition) is 2. The Balaban J connectivity index is 0.000000980. The summed E-state index contributed by atoms with van der Waals surface area (Å²) in [6.07, 6.45) is 2.77. The summed E-state index contributed by atoms with van der Waals surface area (Å²) < 4.78 is 0. The van der Waals surface area contributed by atoms with Gasteiger partial charge >= 0.3 is 0 Å². The van der Waals surface area contributed by atoms with Gasteiger partial charge in [0.2, 0.25) is 0 Å². The molecule has 1 fully saturated rings. The van der Waals surface area contributed by atoms with Gasteiger partial charge in [-0.15, -0.1) is 0 Å². The molecular weight excluding hydrogens is 231 g/mol. The molecule has 2 nitrogen and oxygen atoms in total. The van der Waals surface area contributed by atoms with Crippen LogP contribution in [0.5, 0.6) is 0 Å². The van der Waals surface area contributed by atoms with Gasteiger partial charge in [-0.05, 0) is 0 Å². The highest BCUT2D eigenvalue weighted by atomic mass is 35.5. The average Bonchev–Trinajstić information content (AvgIpc) is 2.71. The zero-order chi connectivity index (χ0) is 9.10. The quantitative estimate of drug-likeness (QED) is 0.487. The molecule has 0 unspecified atom stereocenters. The highest BCUT2D eigenvalue weighted by Crippen LogP contribution is 2.07. The zero-order valence-corrected chi connectivity index (χ0v) is 10.5. The van der Waals surface area contributed by atoms with Crippen molar-refractivity contribution < 1.29 is 35.0 Å². The van der Waals surface area contributed by atoms with Gasteiger partial charge in [-0.3, -0.25) is 0 Å². The second-order valence-corrected chi connectivity index (χ2v) is 3.72. The van der Waals surface area contributed by atoms with Crippen LogP contribution in [-0.4, -0.2) is 20.1 Å². The van der Waals surface area contributed by atoms with Crippen molar-refractivity contribution in [1.29, 1.82) is 0 Å². The van der Waals surface area contributed by atoms with Crippen molar-refractivity contribution in [1.82, 2.24) is 0 Å². The first-order chi connectivity index (χ1) is 6.40. The van der Waals surface area contributed by atoms with Gasteiger partial charge < -0.3 is 35.0 Å². The van der Waals surface area contributed by atoms with Crippen LogP contribution in [0.2, 0.25) is 0 Å². The fourth-order valence-electron chi connectivity index (χ4n) is 2.00. The Kier molecular flexibility index (Phi) is 6.94. The van der Waals surface area contributed by atoms with E-state index in [1.807, 2.05) is 0 Å². The van der Waals surface area contributed by atoms with Crippen LogP contribution in [0.4, 0.5) is 11.4 Å². The van der Waals surface area contributed by atoms with E-state index in [-0.39, 0.29) is 24.8 Å². The third-order valence-electron chi connectivity index (χ3n) is 2.86. The molecule has 0 amide bonds. The van der Waals surface area contributed by atoms with Gasteiger partial charge in [0.05, 0.1) is 20.1 Å². The van der Waals surface area contributed by atoms with Crippen molar-refractivity contribution in [3.05, 3.63) is 24.3 Å². The number of halogens is 2. The first-order valence-corrected chi connectivity index (χ1v) is 5.14. The van der Waals surface area contributed by atoms with Gasteiger partial charge in [-0.25, -0.2) is 0 Å². The first kappa shape index (κ1) is 14.7. The summed E-state index contributed by atoms with van der Waals surface area (Å²) in [5.74, 6) is 0. The number of hydrogen-bond acceptors (Lipinski definition) is 0. The normalized spacial score (nSPS) is 15.5. The molecule has 0 saturated carbocycles. The monoisotopic (exact) mass is 248 g/mol. The highest BCUT2D eigenvalue weighted by Gasteiger charge is 2.17. The maximum absolute atomic E-state index is 2.26. The Bertz CT molecular complexity index is 268. The van der Waals surface area contributed by atoms with Gasteiger partial charge in [0, 0.05) is 37.1 Å². The van der Waals surface area contributed by atoms with Crippen LogP contribution in [0.25, 0.3) is 0 Å². The predicted molar refractivity (Wildman–Crippen MR) is 53.5 cm³/mol. The summed E-state index contributed by atoms with van der Waals surface area (Å²) >= 11 is 0. The lowest BCUT2D eigenvalue weighted by Gasteiger charge is -2.10. The Labute approximate surface area is 104 Å². The van der Waals surface area contributed by atoms with Crippen LogP contribution in [0.15, 0.2) is 24.3 Å². The topological polar surface area (TPSA) is 21.1 Å². The van der Waals surface area contributed by atoms with Crippen LogP contribution in [0.3, 0.4) is 0 Å². The average molecular weight is 249 g/mol. The van der Waals surface area contributed by atoms with Crippen molar-refractivity contribution in [2.45, 2.75) is 12.8 Å². The third kappa shape index (κ3) is 3.65. The molecule has 0 bridgehead atoms. The van der Waals surface area contributed by atoms with Crippen LogP contribution in [0, 0.1) is 0 Å². The van der Waals surface area contributed by atoms with E-state index in [1.54, 1.807) is 4.90 Å². The van der Waals surface area contributed by atoms with Crippen LogP contribution in [0.1, 0.15) is 12.8 Å². The van der Waals surface area contributed by atoms with Crippen LogP contribution in [-0.2, 0) is 0 Å². The SMILES string of the molecule is C[NH2+]c1ccc([NH+]2CCCC2)cc1.[Cl-].[Cl-]. The lowest BCUT2D eigenvalue weighted by atomic mass is 10.2. The first-order valence-electron chi connectivity index (χ1n) is 5.14. The molecule has 1 aromatic rings. The number of benzene rings is 1. The largest absolute Gasteiger partial charge is 1.00 e. The van der Waals surface area contributed by atoms with Gasteiger partial charge in [0.1, 0.15) is 11.4 Å². The van der Waals surface area contributed by atoms with E-state index in [0.717, 1.165) is 0 Å². The van der Waals surface area contributed by atoms with Crippen molar-refractivity contribution >= 4 is 11.4 Å². The molecule has 0 atom stereocenters. The van der Waals surface area contributed by atoms with E-state index in [1.165, 1.54) is 37.3 Å². The van der Waals surface area contributed by atoms with E-state index >= 15 is 0 Å². The maximum atomic E-state index is 2.26. The second-order valence-electron chi connectivity index (χ2n) is 3.72.